The second-order valence-electron chi connectivity index (χ2n) is 20.6. The Bertz CT molecular complexity index is 2310. The van der Waals surface area contributed by atoms with E-state index >= 15 is 4.79 Å². The maximum Gasteiger partial charge on any atom is 0.408 e. The fourth-order valence-electron chi connectivity index (χ4n) is 10.9. The number of carbonyl (C=O) groups is 4. The average Bonchev–Trinajstić information content (AvgIpc) is 4.18. The van der Waals surface area contributed by atoms with Gasteiger partial charge in [-0.1, -0.05) is 52.2 Å². The third-order valence-corrected chi connectivity index (χ3v) is 17.7. The summed E-state index contributed by atoms with van der Waals surface area (Å²) in [6.07, 6.45) is 13.5. The van der Waals surface area contributed by atoms with Crippen molar-refractivity contribution in [1.82, 2.24) is 25.2 Å². The van der Waals surface area contributed by atoms with Crippen LogP contribution in [0.1, 0.15) is 141 Å². The van der Waals surface area contributed by atoms with Gasteiger partial charge >= 0.3 is 6.09 Å². The molecule has 1 aromatic carbocycles. The van der Waals surface area contributed by atoms with Gasteiger partial charge < -0.3 is 29.7 Å². The molecule has 1 spiro atoms. The Morgan fingerprint density at radius 3 is 2.56 bits per heavy atom. The van der Waals surface area contributed by atoms with Crippen molar-refractivity contribution < 1.29 is 41.8 Å². The molecular formula is C48H65N5O9S. The van der Waals surface area contributed by atoms with Gasteiger partial charge in [-0.15, -0.1) is 0 Å². The number of hydrogen-bond acceptors (Lipinski definition) is 10. The first-order chi connectivity index (χ1) is 30.0. The minimum absolute atomic E-state index is 0.0756. The summed E-state index contributed by atoms with van der Waals surface area (Å²) < 4.78 is 46.9. The molecule has 3 N–H and O–H groups in total. The average molecular weight is 888 g/mol. The first-order valence-electron chi connectivity index (χ1n) is 23.6. The van der Waals surface area contributed by atoms with Crippen LogP contribution >= 0.6 is 0 Å². The number of sulfonamides is 1. The van der Waals surface area contributed by atoms with E-state index in [1.807, 2.05) is 30.4 Å². The molecule has 0 unspecified atom stereocenters. The summed E-state index contributed by atoms with van der Waals surface area (Å²) in [5.74, 6) is 0.453. The van der Waals surface area contributed by atoms with Gasteiger partial charge in [-0.2, -0.15) is 0 Å². The molecule has 4 aliphatic carbocycles. The Kier molecular flexibility index (Phi) is 11.5. The number of aryl methyl sites for hydroxylation is 1. The highest BCUT2D eigenvalue weighted by atomic mass is 32.2. The zero-order valence-corrected chi connectivity index (χ0v) is 38.3. The standard InChI is InChI=1S/C48H65N5O9S/c1-28(2)33-17-13-29(3)23-39(33)61-45(57)50-36-12-10-8-6-7-9-11-31-25-48(31,44(56)52-63(58,59)46(4)21-22-46)51-42(54)38-26-47(27-53(38)43(36)55)20-19-35-34-18-16-32(60-5)24-37(34)49-40(30-14-15-30)41(35)62-47/h9,11,16,18,24,28-31,33,36,38-39H,6-8,10,12-15,17,19-23,25-27H2,1-5H3,(H,50,57)(H,51,54)(H,52,56)/b11-9-/t29-,31+,33+,36-,38-,39-,47+,48+/m0/s1. The predicted molar refractivity (Wildman–Crippen MR) is 237 cm³/mol. The van der Waals surface area contributed by atoms with E-state index in [1.54, 1.807) is 18.9 Å². The van der Waals surface area contributed by atoms with Crippen molar-refractivity contribution in [2.45, 2.75) is 170 Å². The lowest BCUT2D eigenvalue weighted by atomic mass is 9.75. The molecule has 3 aliphatic heterocycles. The van der Waals surface area contributed by atoms with E-state index in [1.165, 1.54) is 0 Å². The zero-order chi connectivity index (χ0) is 44.5. The van der Waals surface area contributed by atoms with Crippen LogP contribution in [0.25, 0.3) is 10.9 Å². The van der Waals surface area contributed by atoms with Gasteiger partial charge in [0.25, 0.3) is 5.91 Å². The number of fused-ring (bicyclic) bond motifs is 5. The number of ether oxygens (including phenoxy) is 3. The first kappa shape index (κ1) is 43.8. The highest BCUT2D eigenvalue weighted by Gasteiger charge is 2.64. The quantitative estimate of drug-likeness (QED) is 0.240. The largest absolute Gasteiger partial charge is 0.497 e. The van der Waals surface area contributed by atoms with E-state index in [0.29, 0.717) is 68.3 Å². The molecule has 9 rings (SSSR count). The van der Waals surface area contributed by atoms with Crippen LogP contribution in [0, 0.1) is 23.7 Å². The summed E-state index contributed by atoms with van der Waals surface area (Å²) in [5.41, 5.74) is 0.268. The number of rotatable bonds is 8. The molecule has 342 valence electrons. The Morgan fingerprint density at radius 2 is 1.83 bits per heavy atom. The zero-order valence-electron chi connectivity index (χ0n) is 37.5. The molecule has 4 heterocycles. The van der Waals surface area contributed by atoms with Crippen molar-refractivity contribution in [1.29, 1.82) is 0 Å². The highest BCUT2D eigenvalue weighted by molar-refractivity contribution is 7.91. The monoisotopic (exact) mass is 887 g/mol. The molecule has 2 aromatic rings. The SMILES string of the molecule is COc1ccc2c3c(c(C4CC4)nc2c1)O[C@]1(CC3)C[C@H]2C(=O)N[C@]3(C(=O)NS(=O)(=O)C4(C)CC4)C[C@H]3/C=C\CCCCC[C@H](NC(=O)O[C@H]3C[C@@H](C)CC[C@@H]3C(C)C)C(=O)N2C1. The van der Waals surface area contributed by atoms with Gasteiger partial charge in [0, 0.05) is 35.3 Å². The maximum absolute atomic E-state index is 15.2. The van der Waals surface area contributed by atoms with Gasteiger partial charge in [-0.05, 0) is 114 Å². The number of nitrogens with zero attached hydrogens (tertiary/aromatic N) is 2. The van der Waals surface area contributed by atoms with Gasteiger partial charge in [0.15, 0.2) is 0 Å². The number of pyridine rings is 1. The van der Waals surface area contributed by atoms with Gasteiger partial charge in [0.05, 0.1) is 29.6 Å². The lowest BCUT2D eigenvalue weighted by Crippen LogP contribution is -2.58. The van der Waals surface area contributed by atoms with Crippen LogP contribution in [-0.2, 0) is 35.6 Å². The molecule has 1 saturated heterocycles. The fraction of sp³-hybridized carbons (Fsp3) is 0.688. The lowest BCUT2D eigenvalue weighted by molar-refractivity contribution is -0.141. The Morgan fingerprint density at radius 1 is 1.03 bits per heavy atom. The molecule has 8 atom stereocenters. The highest BCUT2D eigenvalue weighted by Crippen LogP contribution is 2.52. The number of aromatic nitrogens is 1. The fourth-order valence-corrected chi connectivity index (χ4v) is 12.2. The molecular weight excluding hydrogens is 823 g/mol. The summed E-state index contributed by atoms with van der Waals surface area (Å²) in [4.78, 5) is 64.8. The van der Waals surface area contributed by atoms with Crippen LogP contribution in [0.3, 0.4) is 0 Å². The lowest BCUT2D eigenvalue weighted by Gasteiger charge is -2.37. The smallest absolute Gasteiger partial charge is 0.408 e. The molecule has 5 fully saturated rings. The Hall–Kier alpha value is -4.40. The Balaban J connectivity index is 1.05. The molecule has 1 aromatic heterocycles. The molecule has 14 nitrogen and oxygen atoms in total. The van der Waals surface area contributed by atoms with Gasteiger partial charge in [-0.3, -0.25) is 19.1 Å². The normalized spacial score (nSPS) is 33.4. The minimum Gasteiger partial charge on any atom is -0.497 e. The van der Waals surface area contributed by atoms with E-state index in [9.17, 15) is 22.8 Å². The second kappa shape index (κ2) is 16.5. The van der Waals surface area contributed by atoms with Gasteiger partial charge in [-0.25, -0.2) is 18.2 Å². The molecule has 63 heavy (non-hydrogen) atoms. The molecule has 4 saturated carbocycles. The third-order valence-electron chi connectivity index (χ3n) is 15.5. The molecule has 0 bridgehead atoms. The van der Waals surface area contributed by atoms with Crippen LogP contribution in [0.4, 0.5) is 4.79 Å². The van der Waals surface area contributed by atoms with Crippen molar-refractivity contribution >= 4 is 44.7 Å². The summed E-state index contributed by atoms with van der Waals surface area (Å²) in [6, 6.07) is 3.81. The molecule has 0 radical (unpaired) electrons. The number of benzene rings is 1. The number of nitrogens with one attached hydrogen (secondary N) is 3. The topological polar surface area (TPSA) is 182 Å². The van der Waals surface area contributed by atoms with Crippen molar-refractivity contribution in [3.63, 3.8) is 0 Å². The minimum atomic E-state index is -4.00. The number of methoxy groups -OCH3 is 1. The number of alkyl carbamates (subject to hydrolysis) is 1. The van der Waals surface area contributed by atoms with Crippen LogP contribution in [0.15, 0.2) is 30.4 Å². The van der Waals surface area contributed by atoms with E-state index in [2.05, 4.69) is 36.1 Å². The molecule has 7 aliphatic rings. The predicted octanol–water partition coefficient (Wildman–Crippen LogP) is 6.73. The number of hydrogen-bond donors (Lipinski definition) is 3. The van der Waals surface area contributed by atoms with Gasteiger partial charge in [0.2, 0.25) is 21.8 Å². The van der Waals surface area contributed by atoms with Crippen molar-refractivity contribution in [3.8, 4) is 11.5 Å². The second-order valence-corrected chi connectivity index (χ2v) is 22.8. The van der Waals surface area contributed by atoms with Crippen LogP contribution < -0.4 is 24.8 Å². The summed E-state index contributed by atoms with van der Waals surface area (Å²) >= 11 is 0. The van der Waals surface area contributed by atoms with Crippen molar-refractivity contribution in [2.24, 2.45) is 23.7 Å². The van der Waals surface area contributed by atoms with Crippen molar-refractivity contribution in [2.75, 3.05) is 13.7 Å². The third kappa shape index (κ3) is 8.52. The van der Waals surface area contributed by atoms with Crippen LogP contribution in [0.2, 0.25) is 0 Å². The van der Waals surface area contributed by atoms with E-state index in [4.69, 9.17) is 19.2 Å². The molecule has 4 amide bonds. The summed E-state index contributed by atoms with van der Waals surface area (Å²) in [6.45, 7) is 8.18. The Labute approximate surface area is 371 Å². The summed E-state index contributed by atoms with van der Waals surface area (Å²) in [7, 11) is -2.36. The number of allylic oxidation sites excluding steroid dienone is 1. The number of carbonyl (C=O) groups excluding carboxylic acids is 4. The van der Waals surface area contributed by atoms with E-state index in [-0.39, 0.29) is 37.3 Å². The van der Waals surface area contributed by atoms with E-state index < -0.39 is 67.7 Å². The summed E-state index contributed by atoms with van der Waals surface area (Å²) in [5, 5.41) is 6.96. The van der Waals surface area contributed by atoms with Crippen LogP contribution in [0.5, 0.6) is 11.5 Å². The van der Waals surface area contributed by atoms with E-state index in [0.717, 1.165) is 67.1 Å². The first-order valence-corrected chi connectivity index (χ1v) is 25.1. The maximum atomic E-state index is 15.2. The van der Waals surface area contributed by atoms with Crippen molar-refractivity contribution in [3.05, 3.63) is 41.6 Å². The number of amides is 4. The van der Waals surface area contributed by atoms with Gasteiger partial charge in [0.1, 0.15) is 40.8 Å². The molecule has 15 heteroatoms. The van der Waals surface area contributed by atoms with Crippen LogP contribution in [-0.4, -0.2) is 89.8 Å².